The SMILES string of the molecule is CCCc1c(C)c2ccc(O[C@H](C)C(=O)O)cc2oc1=O. The quantitative estimate of drug-likeness (QED) is 0.857. The summed E-state index contributed by atoms with van der Waals surface area (Å²) in [6.07, 6.45) is 0.585. The Labute approximate surface area is 122 Å². The van der Waals surface area contributed by atoms with Crippen LogP contribution < -0.4 is 10.4 Å². The second kappa shape index (κ2) is 5.99. The summed E-state index contributed by atoms with van der Waals surface area (Å²) in [6.45, 7) is 5.34. The first-order valence-corrected chi connectivity index (χ1v) is 6.89. The molecule has 21 heavy (non-hydrogen) atoms. The smallest absolute Gasteiger partial charge is 0.344 e. The van der Waals surface area contributed by atoms with E-state index in [2.05, 4.69) is 0 Å². The van der Waals surface area contributed by atoms with Crippen molar-refractivity contribution in [2.24, 2.45) is 0 Å². The molecule has 0 aliphatic heterocycles. The van der Waals surface area contributed by atoms with Gasteiger partial charge in [-0.05, 0) is 38.0 Å². The van der Waals surface area contributed by atoms with Gasteiger partial charge in [-0.15, -0.1) is 0 Å². The Kier molecular flexibility index (Phi) is 4.31. The van der Waals surface area contributed by atoms with Crippen molar-refractivity contribution in [1.82, 2.24) is 0 Å². The van der Waals surface area contributed by atoms with Crippen LogP contribution in [0.2, 0.25) is 0 Å². The molecule has 5 heteroatoms. The minimum atomic E-state index is -1.05. The first-order chi connectivity index (χ1) is 9.93. The molecule has 112 valence electrons. The van der Waals surface area contributed by atoms with Crippen LogP contribution >= 0.6 is 0 Å². The van der Waals surface area contributed by atoms with Crippen molar-refractivity contribution in [1.29, 1.82) is 0 Å². The molecule has 0 amide bonds. The van der Waals surface area contributed by atoms with Crippen molar-refractivity contribution in [2.45, 2.75) is 39.7 Å². The molecule has 0 saturated heterocycles. The molecule has 0 saturated carbocycles. The van der Waals surface area contributed by atoms with Crippen LogP contribution in [0.5, 0.6) is 5.75 Å². The maximum Gasteiger partial charge on any atom is 0.344 e. The average Bonchev–Trinajstić information content (AvgIpc) is 2.43. The van der Waals surface area contributed by atoms with Crippen LogP contribution in [0.1, 0.15) is 31.4 Å². The van der Waals surface area contributed by atoms with Crippen molar-refractivity contribution in [2.75, 3.05) is 0 Å². The average molecular weight is 290 g/mol. The number of carboxylic acids is 1. The molecule has 0 aliphatic carbocycles. The first-order valence-electron chi connectivity index (χ1n) is 6.89. The molecule has 0 radical (unpaired) electrons. The van der Waals surface area contributed by atoms with E-state index in [1.54, 1.807) is 18.2 Å². The number of benzene rings is 1. The summed E-state index contributed by atoms with van der Waals surface area (Å²) >= 11 is 0. The number of carboxylic acid groups (broad SMARTS) is 1. The molecular weight excluding hydrogens is 272 g/mol. The Morgan fingerprint density at radius 1 is 1.43 bits per heavy atom. The highest BCUT2D eigenvalue weighted by atomic mass is 16.5. The molecule has 1 heterocycles. The molecule has 0 bridgehead atoms. The molecule has 1 aromatic heterocycles. The Morgan fingerprint density at radius 3 is 2.76 bits per heavy atom. The van der Waals surface area contributed by atoms with Crippen molar-refractivity contribution < 1.29 is 19.1 Å². The van der Waals surface area contributed by atoms with E-state index in [1.807, 2.05) is 13.8 Å². The van der Waals surface area contributed by atoms with E-state index in [0.29, 0.717) is 23.3 Å². The van der Waals surface area contributed by atoms with Crippen molar-refractivity contribution in [3.05, 3.63) is 39.7 Å². The first kappa shape index (κ1) is 15.1. The molecule has 5 nitrogen and oxygen atoms in total. The van der Waals surface area contributed by atoms with Crippen LogP contribution in [-0.2, 0) is 11.2 Å². The van der Waals surface area contributed by atoms with E-state index in [4.69, 9.17) is 14.3 Å². The molecule has 1 atom stereocenters. The number of ether oxygens (including phenoxy) is 1. The molecule has 0 unspecified atom stereocenters. The van der Waals surface area contributed by atoms with Crippen LogP contribution in [-0.4, -0.2) is 17.2 Å². The predicted octanol–water partition coefficient (Wildman–Crippen LogP) is 2.91. The number of hydrogen-bond donors (Lipinski definition) is 1. The van der Waals surface area contributed by atoms with Crippen molar-refractivity contribution >= 4 is 16.9 Å². The summed E-state index contributed by atoms with van der Waals surface area (Å²) in [5.41, 5.74) is 1.66. The minimum Gasteiger partial charge on any atom is -0.479 e. The van der Waals surface area contributed by atoms with Crippen LogP contribution in [0.25, 0.3) is 11.0 Å². The van der Waals surface area contributed by atoms with Crippen LogP contribution in [0.15, 0.2) is 27.4 Å². The Hall–Kier alpha value is -2.30. The minimum absolute atomic E-state index is 0.342. The van der Waals surface area contributed by atoms with E-state index >= 15 is 0 Å². The van der Waals surface area contributed by atoms with Gasteiger partial charge in [-0.3, -0.25) is 0 Å². The summed E-state index contributed by atoms with van der Waals surface area (Å²) in [7, 11) is 0. The zero-order valence-corrected chi connectivity index (χ0v) is 12.3. The predicted molar refractivity (Wildman–Crippen MR) is 78.9 cm³/mol. The Bertz CT molecular complexity index is 729. The molecule has 1 aromatic carbocycles. The summed E-state index contributed by atoms with van der Waals surface area (Å²) < 4.78 is 10.6. The number of rotatable bonds is 5. The molecule has 1 N–H and O–H groups in total. The fraction of sp³-hybridized carbons (Fsp3) is 0.375. The lowest BCUT2D eigenvalue weighted by molar-refractivity contribution is -0.144. The molecular formula is C16H18O5. The third kappa shape index (κ3) is 3.07. The van der Waals surface area contributed by atoms with Crippen LogP contribution in [0.3, 0.4) is 0 Å². The molecule has 2 rings (SSSR count). The van der Waals surface area contributed by atoms with Gasteiger partial charge in [0.25, 0.3) is 0 Å². The zero-order valence-electron chi connectivity index (χ0n) is 12.3. The van der Waals surface area contributed by atoms with Gasteiger partial charge in [-0.1, -0.05) is 13.3 Å². The number of fused-ring (bicyclic) bond motifs is 1. The highest BCUT2D eigenvalue weighted by molar-refractivity contribution is 5.82. The van der Waals surface area contributed by atoms with Gasteiger partial charge in [0.15, 0.2) is 6.10 Å². The molecule has 0 spiro atoms. The van der Waals surface area contributed by atoms with Gasteiger partial charge in [0.05, 0.1) is 0 Å². The highest BCUT2D eigenvalue weighted by Crippen LogP contribution is 2.25. The lowest BCUT2D eigenvalue weighted by Gasteiger charge is -2.12. The zero-order chi connectivity index (χ0) is 15.6. The third-order valence-electron chi connectivity index (χ3n) is 3.42. The largest absolute Gasteiger partial charge is 0.479 e. The number of aliphatic carboxylic acids is 1. The van der Waals surface area contributed by atoms with Crippen molar-refractivity contribution in [3.63, 3.8) is 0 Å². The van der Waals surface area contributed by atoms with Gasteiger partial charge >= 0.3 is 11.6 Å². The maximum absolute atomic E-state index is 12.0. The van der Waals surface area contributed by atoms with E-state index in [-0.39, 0.29) is 5.63 Å². The summed E-state index contributed by atoms with van der Waals surface area (Å²) in [5.74, 6) is -0.686. The molecule has 0 aliphatic rings. The second-order valence-corrected chi connectivity index (χ2v) is 5.00. The van der Waals surface area contributed by atoms with E-state index in [0.717, 1.165) is 17.4 Å². The third-order valence-corrected chi connectivity index (χ3v) is 3.42. The van der Waals surface area contributed by atoms with E-state index in [9.17, 15) is 9.59 Å². The topological polar surface area (TPSA) is 76.7 Å². The van der Waals surface area contributed by atoms with Crippen LogP contribution in [0.4, 0.5) is 0 Å². The van der Waals surface area contributed by atoms with Gasteiger partial charge in [0.2, 0.25) is 0 Å². The molecule has 0 fully saturated rings. The standard InChI is InChI=1S/C16H18O5/c1-4-5-13-9(2)12-7-6-11(20-10(3)15(17)18)8-14(12)21-16(13)19/h6-8,10H,4-5H2,1-3H3,(H,17,18)/t10-/m1/s1. The van der Waals surface area contributed by atoms with E-state index < -0.39 is 12.1 Å². The van der Waals surface area contributed by atoms with Gasteiger partial charge in [-0.25, -0.2) is 9.59 Å². The number of carbonyl (C=O) groups is 1. The second-order valence-electron chi connectivity index (χ2n) is 5.00. The molecule has 2 aromatic rings. The maximum atomic E-state index is 12.0. The van der Waals surface area contributed by atoms with Crippen molar-refractivity contribution in [3.8, 4) is 5.75 Å². The Morgan fingerprint density at radius 2 is 2.14 bits per heavy atom. The summed E-state index contributed by atoms with van der Waals surface area (Å²) in [5, 5.41) is 9.68. The lowest BCUT2D eigenvalue weighted by atomic mass is 10.0. The van der Waals surface area contributed by atoms with Gasteiger partial charge in [0, 0.05) is 17.0 Å². The van der Waals surface area contributed by atoms with E-state index in [1.165, 1.54) is 6.92 Å². The number of aryl methyl sites for hydroxylation is 1. The Balaban J connectivity index is 2.47. The summed E-state index contributed by atoms with van der Waals surface area (Å²) in [6, 6.07) is 5.03. The normalized spacial score (nSPS) is 12.3. The lowest BCUT2D eigenvalue weighted by Crippen LogP contribution is -2.22. The van der Waals surface area contributed by atoms with Gasteiger partial charge < -0.3 is 14.3 Å². The van der Waals surface area contributed by atoms with Gasteiger partial charge in [0.1, 0.15) is 11.3 Å². The number of hydrogen-bond acceptors (Lipinski definition) is 4. The fourth-order valence-corrected chi connectivity index (χ4v) is 2.24. The summed E-state index contributed by atoms with van der Waals surface area (Å²) in [4.78, 5) is 22.8. The van der Waals surface area contributed by atoms with Gasteiger partial charge in [-0.2, -0.15) is 0 Å². The van der Waals surface area contributed by atoms with Crippen LogP contribution in [0, 0.1) is 6.92 Å². The highest BCUT2D eigenvalue weighted by Gasteiger charge is 2.15. The fourth-order valence-electron chi connectivity index (χ4n) is 2.24. The monoisotopic (exact) mass is 290 g/mol.